The smallest absolute Gasteiger partial charge is 0.347 e. The number of rotatable bonds is 8. The molecule has 0 fully saturated rings. The van der Waals surface area contributed by atoms with E-state index >= 15 is 0 Å². The first-order valence-electron chi connectivity index (χ1n) is 13.3. The Morgan fingerprint density at radius 1 is 0.561 bits per heavy atom. The van der Waals surface area contributed by atoms with Crippen LogP contribution in [0.15, 0.2) is 137 Å². The van der Waals surface area contributed by atoms with Crippen LogP contribution in [0.25, 0.3) is 0 Å². The first kappa shape index (κ1) is 27.3. The maximum atomic E-state index is 14.0. The van der Waals surface area contributed by atoms with Gasteiger partial charge in [-0.2, -0.15) is 9.13 Å². The van der Waals surface area contributed by atoms with E-state index in [1.54, 1.807) is 48.5 Å². The first-order chi connectivity index (χ1) is 19.9. The van der Waals surface area contributed by atoms with Gasteiger partial charge in [0.25, 0.3) is 5.56 Å². The van der Waals surface area contributed by atoms with Gasteiger partial charge >= 0.3 is 5.69 Å². The normalized spacial score (nSPS) is 12.4. The van der Waals surface area contributed by atoms with Crippen molar-refractivity contribution in [3.63, 3.8) is 0 Å². The molecule has 1 aromatic heterocycles. The quantitative estimate of drug-likeness (QED) is 0.295. The van der Waals surface area contributed by atoms with Crippen LogP contribution in [-0.2, 0) is 12.8 Å². The van der Waals surface area contributed by atoms with Crippen molar-refractivity contribution in [3.8, 4) is 5.88 Å². The van der Waals surface area contributed by atoms with Crippen LogP contribution in [0.2, 0.25) is 0 Å². The van der Waals surface area contributed by atoms with Crippen molar-refractivity contribution < 1.29 is 14.7 Å². The summed E-state index contributed by atoms with van der Waals surface area (Å²) in [5.74, 6) is -4.09. The number of aromatic nitrogens is 2. The van der Waals surface area contributed by atoms with E-state index in [1.165, 1.54) is 0 Å². The third kappa shape index (κ3) is 5.99. The van der Waals surface area contributed by atoms with Crippen molar-refractivity contribution in [2.45, 2.75) is 24.7 Å². The summed E-state index contributed by atoms with van der Waals surface area (Å²) in [6, 6.07) is 37.1. The molecule has 0 aliphatic heterocycles. The summed E-state index contributed by atoms with van der Waals surface area (Å²) in [5.41, 5.74) is 0.722. The van der Waals surface area contributed by atoms with E-state index in [-0.39, 0.29) is 12.8 Å². The Bertz CT molecular complexity index is 1760. The predicted octanol–water partition coefficient (Wildman–Crippen LogP) is 5.05. The van der Waals surface area contributed by atoms with E-state index in [0.717, 1.165) is 17.2 Å². The molecule has 4 aromatic carbocycles. The van der Waals surface area contributed by atoms with Crippen molar-refractivity contribution in [2.24, 2.45) is 0 Å². The summed E-state index contributed by atoms with van der Waals surface area (Å²) >= 11 is 0. The van der Waals surface area contributed by atoms with Gasteiger partial charge in [-0.15, -0.1) is 0 Å². The molecule has 0 saturated heterocycles. The zero-order chi connectivity index (χ0) is 28.8. The topological polar surface area (TPSA) is 98.4 Å². The molecule has 7 heteroatoms. The van der Waals surface area contributed by atoms with E-state index in [2.05, 4.69) is 0 Å². The Hall–Kier alpha value is -5.30. The maximum Gasteiger partial charge on any atom is 0.347 e. The average molecular weight is 545 g/mol. The molecule has 0 spiro atoms. The fourth-order valence-electron chi connectivity index (χ4n) is 5.02. The molecule has 2 unspecified atom stereocenters. The lowest BCUT2D eigenvalue weighted by molar-refractivity contribution is 0.0836. The monoisotopic (exact) mass is 544 g/mol. The van der Waals surface area contributed by atoms with Gasteiger partial charge in [0, 0.05) is 0 Å². The van der Waals surface area contributed by atoms with Crippen molar-refractivity contribution >= 4 is 11.8 Å². The summed E-state index contributed by atoms with van der Waals surface area (Å²) in [6.07, 6.45) is 0.467. The minimum absolute atomic E-state index is 0.227. The highest BCUT2D eigenvalue weighted by molar-refractivity contribution is 5.89. The number of benzene rings is 4. The molecule has 0 aliphatic rings. The zero-order valence-electron chi connectivity index (χ0n) is 22.2. The fraction of sp³-hybridized carbons (Fsp3) is 0.118. The van der Waals surface area contributed by atoms with Gasteiger partial charge in [-0.1, -0.05) is 121 Å². The third-order valence-corrected chi connectivity index (χ3v) is 7.09. The lowest BCUT2D eigenvalue weighted by atomic mass is 9.90. The van der Waals surface area contributed by atoms with Gasteiger partial charge < -0.3 is 5.11 Å². The van der Waals surface area contributed by atoms with Crippen LogP contribution < -0.4 is 11.2 Å². The summed E-state index contributed by atoms with van der Waals surface area (Å²) in [7, 11) is 0. The van der Waals surface area contributed by atoms with Gasteiger partial charge in [-0.05, 0) is 35.1 Å². The molecule has 0 saturated carbocycles. The van der Waals surface area contributed by atoms with Crippen LogP contribution in [0.3, 0.4) is 0 Å². The second kappa shape index (κ2) is 12.3. The number of nitrogens with zero attached hydrogens (tertiary/aromatic N) is 2. The van der Waals surface area contributed by atoms with Crippen molar-refractivity contribution in [1.82, 2.24) is 9.13 Å². The zero-order valence-corrected chi connectivity index (χ0v) is 22.2. The Morgan fingerprint density at radius 2 is 0.927 bits per heavy atom. The summed E-state index contributed by atoms with van der Waals surface area (Å²) in [4.78, 5) is 54.8. The summed E-state index contributed by atoms with van der Waals surface area (Å²) in [5, 5.41) is 10.7. The van der Waals surface area contributed by atoms with Crippen LogP contribution in [-0.4, -0.2) is 26.1 Å². The lowest BCUT2D eigenvalue weighted by Crippen LogP contribution is -2.47. The second-order valence-electron chi connectivity index (χ2n) is 9.78. The van der Waals surface area contributed by atoms with Crippen molar-refractivity contribution in [3.05, 3.63) is 170 Å². The molecule has 0 amide bonds. The number of hydrogen-bond acceptors (Lipinski definition) is 5. The van der Waals surface area contributed by atoms with Gasteiger partial charge in [0.15, 0.2) is 0 Å². The average Bonchev–Trinajstić information content (AvgIpc) is 3.00. The Morgan fingerprint density at radius 3 is 1.34 bits per heavy atom. The molecule has 0 radical (unpaired) electrons. The van der Waals surface area contributed by atoms with E-state index in [9.17, 15) is 24.3 Å². The second-order valence-corrected chi connectivity index (χ2v) is 9.78. The van der Waals surface area contributed by atoms with E-state index in [0.29, 0.717) is 20.3 Å². The predicted molar refractivity (Wildman–Crippen MR) is 157 cm³/mol. The van der Waals surface area contributed by atoms with Crippen LogP contribution >= 0.6 is 0 Å². The molecular formula is C34H28N2O5. The molecule has 0 bridgehead atoms. The molecule has 1 heterocycles. The summed E-state index contributed by atoms with van der Waals surface area (Å²) in [6.45, 7) is 0. The standard InChI is InChI=1S/C34H28N2O5/c37-30-23-31(38)36(33(40)29(27-19-11-4-12-20-27)22-25-15-7-2-8-16-25)34(41)35(30)32(39)28(26-17-9-3-10-18-26)21-24-13-5-1-6-14-24/h1-20,23,28-29,37H,21-22H2. The van der Waals surface area contributed by atoms with Crippen LogP contribution in [0.4, 0.5) is 0 Å². The van der Waals surface area contributed by atoms with E-state index < -0.39 is 40.8 Å². The minimum atomic E-state index is -1.20. The van der Waals surface area contributed by atoms with Gasteiger partial charge in [0.2, 0.25) is 17.7 Å². The minimum Gasteiger partial charge on any atom is -0.494 e. The van der Waals surface area contributed by atoms with E-state index in [1.807, 2.05) is 72.8 Å². The molecule has 7 nitrogen and oxygen atoms in total. The maximum absolute atomic E-state index is 14.0. The van der Waals surface area contributed by atoms with Gasteiger partial charge in [0.1, 0.15) is 0 Å². The Labute approximate surface area is 236 Å². The van der Waals surface area contributed by atoms with Gasteiger partial charge in [-0.3, -0.25) is 14.4 Å². The highest BCUT2D eigenvalue weighted by atomic mass is 16.3. The van der Waals surface area contributed by atoms with Gasteiger partial charge in [0.05, 0.1) is 17.9 Å². The molecule has 1 N–H and O–H groups in total. The van der Waals surface area contributed by atoms with E-state index in [4.69, 9.17) is 0 Å². The highest BCUT2D eigenvalue weighted by Gasteiger charge is 2.31. The third-order valence-electron chi connectivity index (χ3n) is 7.09. The number of aromatic hydroxyl groups is 1. The molecule has 41 heavy (non-hydrogen) atoms. The molecule has 5 rings (SSSR count). The Kier molecular flexibility index (Phi) is 8.15. The molecule has 2 atom stereocenters. The number of carbonyl (C=O) groups excluding carboxylic acids is 2. The molecule has 0 aliphatic carbocycles. The highest BCUT2D eigenvalue weighted by Crippen LogP contribution is 2.25. The Balaban J connectivity index is 1.60. The molecular weight excluding hydrogens is 516 g/mol. The number of carbonyl (C=O) groups is 2. The lowest BCUT2D eigenvalue weighted by Gasteiger charge is -2.20. The van der Waals surface area contributed by atoms with Crippen LogP contribution in [0, 0.1) is 0 Å². The molecule has 204 valence electrons. The fourth-order valence-corrected chi connectivity index (χ4v) is 5.02. The summed E-state index contributed by atoms with van der Waals surface area (Å²) < 4.78 is 0.993. The van der Waals surface area contributed by atoms with Crippen molar-refractivity contribution in [1.29, 1.82) is 0 Å². The van der Waals surface area contributed by atoms with Crippen LogP contribution in [0.5, 0.6) is 5.88 Å². The van der Waals surface area contributed by atoms with Crippen molar-refractivity contribution in [2.75, 3.05) is 0 Å². The largest absolute Gasteiger partial charge is 0.494 e. The SMILES string of the molecule is O=C(C(Cc1ccccc1)c1ccccc1)n1c(O)cc(=O)n(C(=O)C(Cc2ccccc2)c2ccccc2)c1=O. The van der Waals surface area contributed by atoms with Gasteiger partial charge in [-0.25, -0.2) is 4.79 Å². The van der Waals surface area contributed by atoms with Crippen LogP contribution in [0.1, 0.15) is 43.7 Å². The first-order valence-corrected chi connectivity index (χ1v) is 13.3. The number of hydrogen-bond donors (Lipinski definition) is 1. The molecule has 5 aromatic rings.